The second kappa shape index (κ2) is 5.42. The van der Waals surface area contributed by atoms with Crippen LogP contribution in [-0.2, 0) is 13.0 Å². The summed E-state index contributed by atoms with van der Waals surface area (Å²) in [4.78, 5) is 23.4. The van der Waals surface area contributed by atoms with E-state index >= 15 is 0 Å². The Hall–Kier alpha value is -2.28. The lowest BCUT2D eigenvalue weighted by Crippen LogP contribution is -2.36. The first-order valence-electron chi connectivity index (χ1n) is 7.26. The molecule has 6 nitrogen and oxygen atoms in total. The largest absolute Gasteiger partial charge is 0.361 e. The lowest BCUT2D eigenvalue weighted by Gasteiger charge is -2.28. The van der Waals surface area contributed by atoms with E-state index in [0.29, 0.717) is 24.4 Å². The van der Waals surface area contributed by atoms with E-state index in [1.165, 1.54) is 6.20 Å². The predicted molar refractivity (Wildman–Crippen MR) is 86.9 cm³/mol. The van der Waals surface area contributed by atoms with Crippen LogP contribution in [-0.4, -0.2) is 32.5 Å². The van der Waals surface area contributed by atoms with Gasteiger partial charge in [0.25, 0.3) is 5.91 Å². The van der Waals surface area contributed by atoms with E-state index in [2.05, 4.69) is 37.1 Å². The van der Waals surface area contributed by atoms with E-state index in [9.17, 15) is 4.79 Å². The molecule has 3 aromatic heterocycles. The first-order chi connectivity index (χ1) is 11.1. The van der Waals surface area contributed by atoms with Crippen molar-refractivity contribution in [3.63, 3.8) is 0 Å². The van der Waals surface area contributed by atoms with Crippen LogP contribution in [0.4, 0.5) is 0 Å². The van der Waals surface area contributed by atoms with Crippen molar-refractivity contribution in [1.82, 2.24) is 20.0 Å². The molecule has 0 atom stereocenters. The highest BCUT2D eigenvalue weighted by Crippen LogP contribution is 2.24. The van der Waals surface area contributed by atoms with E-state index in [1.54, 1.807) is 18.0 Å². The van der Waals surface area contributed by atoms with Crippen LogP contribution in [0.2, 0.25) is 0 Å². The van der Waals surface area contributed by atoms with Gasteiger partial charge < -0.3 is 9.42 Å². The molecule has 3 aromatic rings. The molecule has 4 heterocycles. The van der Waals surface area contributed by atoms with Crippen LogP contribution in [0.1, 0.15) is 27.4 Å². The minimum Gasteiger partial charge on any atom is -0.361 e. The van der Waals surface area contributed by atoms with Crippen molar-refractivity contribution in [2.45, 2.75) is 19.9 Å². The van der Waals surface area contributed by atoms with Crippen LogP contribution < -0.4 is 0 Å². The quantitative estimate of drug-likeness (QED) is 0.656. The Bertz CT molecular complexity index is 922. The van der Waals surface area contributed by atoms with Gasteiger partial charge in [-0.25, -0.2) is 9.97 Å². The van der Waals surface area contributed by atoms with Gasteiger partial charge in [-0.3, -0.25) is 4.79 Å². The number of hydrogen-bond donors (Lipinski definition) is 0. The average Bonchev–Trinajstić information content (AvgIpc) is 2.97. The predicted octanol–water partition coefficient (Wildman–Crippen LogP) is 2.89. The monoisotopic (exact) mass is 372 g/mol. The minimum absolute atomic E-state index is 0.0538. The molecule has 0 aliphatic carbocycles. The molecule has 23 heavy (non-hydrogen) atoms. The molecule has 0 aromatic carbocycles. The number of carbonyl (C=O) groups excluding carboxylic acids is 1. The summed E-state index contributed by atoms with van der Waals surface area (Å²) in [6.07, 6.45) is 3.95. The molecule has 0 unspecified atom stereocenters. The van der Waals surface area contributed by atoms with Crippen LogP contribution in [0.3, 0.4) is 0 Å². The van der Waals surface area contributed by atoms with Crippen molar-refractivity contribution in [3.05, 3.63) is 51.6 Å². The normalized spacial score (nSPS) is 14.1. The van der Waals surface area contributed by atoms with Crippen molar-refractivity contribution < 1.29 is 9.32 Å². The third-order valence-corrected chi connectivity index (χ3v) is 4.48. The average molecular weight is 373 g/mol. The molecule has 1 amide bonds. The van der Waals surface area contributed by atoms with E-state index in [-0.39, 0.29) is 5.91 Å². The Morgan fingerprint density at radius 1 is 1.35 bits per heavy atom. The van der Waals surface area contributed by atoms with Gasteiger partial charge in [0, 0.05) is 41.3 Å². The number of pyridine rings is 2. The summed E-state index contributed by atoms with van der Waals surface area (Å²) in [7, 11) is 0. The van der Waals surface area contributed by atoms with Gasteiger partial charge in [0.1, 0.15) is 11.3 Å². The van der Waals surface area contributed by atoms with Gasteiger partial charge in [0.05, 0.1) is 6.20 Å². The Balaban J connectivity index is 1.68. The third kappa shape index (κ3) is 2.50. The van der Waals surface area contributed by atoms with Crippen molar-refractivity contribution >= 4 is 32.9 Å². The number of hydrogen-bond acceptors (Lipinski definition) is 5. The number of halogens is 1. The van der Waals surface area contributed by atoms with Gasteiger partial charge in [0.2, 0.25) is 0 Å². The summed E-state index contributed by atoms with van der Waals surface area (Å²) in [5.41, 5.74) is 3.33. The zero-order chi connectivity index (χ0) is 16.0. The molecule has 0 spiro atoms. The Labute approximate surface area is 140 Å². The summed E-state index contributed by atoms with van der Waals surface area (Å²) in [6.45, 7) is 2.91. The lowest BCUT2D eigenvalue weighted by molar-refractivity contribution is 0.0732. The highest BCUT2D eigenvalue weighted by molar-refractivity contribution is 9.10. The van der Waals surface area contributed by atoms with Gasteiger partial charge >= 0.3 is 0 Å². The van der Waals surface area contributed by atoms with Crippen molar-refractivity contribution in [3.8, 4) is 0 Å². The summed E-state index contributed by atoms with van der Waals surface area (Å²) < 4.78 is 5.91. The Kier molecular flexibility index (Phi) is 3.37. The molecule has 4 rings (SSSR count). The van der Waals surface area contributed by atoms with E-state index in [0.717, 1.165) is 33.2 Å². The third-order valence-electron chi connectivity index (χ3n) is 4.05. The summed E-state index contributed by atoms with van der Waals surface area (Å²) in [5.74, 6) is 0.493. The number of rotatable bonds is 1. The number of aromatic nitrogens is 3. The van der Waals surface area contributed by atoms with E-state index in [4.69, 9.17) is 4.52 Å². The maximum absolute atomic E-state index is 12.6. The highest BCUT2D eigenvalue weighted by Gasteiger charge is 2.25. The van der Waals surface area contributed by atoms with Gasteiger partial charge in [-0.2, -0.15) is 0 Å². The Morgan fingerprint density at radius 3 is 3.00 bits per heavy atom. The molecular weight excluding hydrogens is 360 g/mol. The van der Waals surface area contributed by atoms with Crippen LogP contribution in [0, 0.1) is 6.92 Å². The van der Waals surface area contributed by atoms with Gasteiger partial charge in [-0.15, -0.1) is 0 Å². The smallest absolute Gasteiger partial charge is 0.259 e. The van der Waals surface area contributed by atoms with Crippen molar-refractivity contribution in [2.75, 3.05) is 6.54 Å². The molecule has 0 saturated heterocycles. The zero-order valence-electron chi connectivity index (χ0n) is 12.4. The highest BCUT2D eigenvalue weighted by atomic mass is 79.9. The summed E-state index contributed by atoms with van der Waals surface area (Å²) in [5, 5.41) is 4.65. The van der Waals surface area contributed by atoms with Crippen molar-refractivity contribution in [2.24, 2.45) is 0 Å². The van der Waals surface area contributed by atoms with Crippen LogP contribution >= 0.6 is 15.9 Å². The SMILES string of the molecule is Cc1oncc1C(=O)N1CCc2nc3ncc(Br)cc3cc2C1. The standard InChI is InChI=1S/C16H13BrN4O2/c1-9-13(7-19-23-9)16(22)21-3-2-14-11(8-21)4-10-5-12(17)6-18-15(10)20-14/h4-7H,2-3,8H2,1H3. The first kappa shape index (κ1) is 14.3. The van der Waals surface area contributed by atoms with Gasteiger partial charge in [-0.05, 0) is 40.5 Å². The van der Waals surface area contributed by atoms with Crippen molar-refractivity contribution in [1.29, 1.82) is 0 Å². The topological polar surface area (TPSA) is 72.1 Å². The molecule has 0 radical (unpaired) electrons. The maximum Gasteiger partial charge on any atom is 0.259 e. The molecule has 0 bridgehead atoms. The van der Waals surface area contributed by atoms with E-state index in [1.807, 2.05) is 6.07 Å². The number of nitrogens with zero attached hydrogens (tertiary/aromatic N) is 4. The number of fused-ring (bicyclic) bond motifs is 2. The molecular formula is C16H13BrN4O2. The fraction of sp³-hybridized carbons (Fsp3) is 0.250. The molecule has 0 saturated carbocycles. The first-order valence-corrected chi connectivity index (χ1v) is 8.06. The zero-order valence-corrected chi connectivity index (χ0v) is 14.0. The molecule has 0 fully saturated rings. The summed E-state index contributed by atoms with van der Waals surface area (Å²) >= 11 is 3.43. The maximum atomic E-state index is 12.6. The molecule has 7 heteroatoms. The van der Waals surface area contributed by atoms with Crippen LogP contribution in [0.25, 0.3) is 11.0 Å². The summed E-state index contributed by atoms with van der Waals surface area (Å²) in [6, 6.07) is 4.05. The second-order valence-corrected chi connectivity index (χ2v) is 6.48. The second-order valence-electron chi connectivity index (χ2n) is 5.57. The minimum atomic E-state index is -0.0538. The fourth-order valence-electron chi connectivity index (χ4n) is 2.84. The Morgan fingerprint density at radius 2 is 2.22 bits per heavy atom. The lowest BCUT2D eigenvalue weighted by atomic mass is 10.0. The fourth-order valence-corrected chi connectivity index (χ4v) is 3.19. The van der Waals surface area contributed by atoms with Crippen LogP contribution in [0.5, 0.6) is 0 Å². The van der Waals surface area contributed by atoms with E-state index < -0.39 is 0 Å². The van der Waals surface area contributed by atoms with Crippen LogP contribution in [0.15, 0.2) is 33.5 Å². The number of carbonyl (C=O) groups is 1. The molecule has 1 aliphatic rings. The number of aryl methyl sites for hydroxylation is 1. The molecule has 0 N–H and O–H groups in total. The molecule has 116 valence electrons. The molecule has 1 aliphatic heterocycles. The van der Waals surface area contributed by atoms with Gasteiger partial charge in [-0.1, -0.05) is 5.16 Å². The number of amides is 1. The van der Waals surface area contributed by atoms with Gasteiger partial charge in [0.15, 0.2) is 5.65 Å².